The third-order valence-electron chi connectivity index (χ3n) is 4.66. The molecule has 3 aromatic carbocycles. The molecule has 0 fully saturated rings. The largest absolute Gasteiger partial charge is 0.483 e. The fraction of sp³-hybridized carbons (Fsp3) is 0.130. The van der Waals surface area contributed by atoms with Crippen molar-refractivity contribution in [1.29, 1.82) is 0 Å². The van der Waals surface area contributed by atoms with Crippen molar-refractivity contribution >= 4 is 33.9 Å². The zero-order valence-corrected chi connectivity index (χ0v) is 15.3. The van der Waals surface area contributed by atoms with Gasteiger partial charge in [-0.25, -0.2) is 0 Å². The Kier molecular flexibility index (Phi) is 4.81. The van der Waals surface area contributed by atoms with Crippen LogP contribution in [0.3, 0.4) is 0 Å². The fourth-order valence-corrected chi connectivity index (χ4v) is 3.24. The highest BCUT2D eigenvalue weighted by molar-refractivity contribution is 6.00. The molecule has 4 rings (SSSR count). The maximum atomic E-state index is 12.3. The number of furan rings is 1. The standard InChI is InChI=1S/C23H19NO4/c1-15(22-12-17-7-3-5-9-20(17)28-22)24-23(26)14-27-21-11-10-16-6-2-4-8-18(16)19(21)13-25/h2-13,15H,14H2,1H3,(H,24,26)/t15-/m1/s1. The Balaban J connectivity index is 1.44. The van der Waals surface area contributed by atoms with Gasteiger partial charge in [-0.05, 0) is 35.9 Å². The Morgan fingerprint density at radius 3 is 2.61 bits per heavy atom. The van der Waals surface area contributed by atoms with E-state index in [1.165, 1.54) is 0 Å². The first kappa shape index (κ1) is 17.8. The molecule has 0 saturated carbocycles. The molecular formula is C23H19NO4. The van der Waals surface area contributed by atoms with Crippen LogP contribution in [0, 0.1) is 0 Å². The third kappa shape index (κ3) is 3.47. The summed E-state index contributed by atoms with van der Waals surface area (Å²) in [5.74, 6) is 0.770. The molecule has 1 amide bonds. The Morgan fingerprint density at radius 1 is 1.07 bits per heavy atom. The normalized spacial score (nSPS) is 12.0. The van der Waals surface area contributed by atoms with E-state index in [0.717, 1.165) is 28.0 Å². The van der Waals surface area contributed by atoms with Crippen LogP contribution in [0.1, 0.15) is 29.1 Å². The Morgan fingerprint density at radius 2 is 1.82 bits per heavy atom. The van der Waals surface area contributed by atoms with Crippen LogP contribution in [0.5, 0.6) is 5.75 Å². The SMILES string of the molecule is C[C@@H](NC(=O)COc1ccc2ccccc2c1C=O)c1cc2ccccc2o1. The minimum Gasteiger partial charge on any atom is -0.483 e. The lowest BCUT2D eigenvalue weighted by Gasteiger charge is -2.13. The minimum absolute atomic E-state index is 0.191. The smallest absolute Gasteiger partial charge is 0.258 e. The van der Waals surface area contributed by atoms with Crippen molar-refractivity contribution in [1.82, 2.24) is 5.32 Å². The van der Waals surface area contributed by atoms with Crippen molar-refractivity contribution in [3.8, 4) is 5.75 Å². The molecule has 0 unspecified atom stereocenters. The first-order valence-corrected chi connectivity index (χ1v) is 9.03. The van der Waals surface area contributed by atoms with Crippen molar-refractivity contribution in [2.75, 3.05) is 6.61 Å². The van der Waals surface area contributed by atoms with Crippen molar-refractivity contribution < 1.29 is 18.7 Å². The second-order valence-corrected chi connectivity index (χ2v) is 6.58. The molecule has 0 aliphatic heterocycles. The van der Waals surface area contributed by atoms with Gasteiger partial charge in [0.2, 0.25) is 0 Å². The van der Waals surface area contributed by atoms with Gasteiger partial charge in [0.25, 0.3) is 5.91 Å². The number of nitrogens with one attached hydrogen (secondary N) is 1. The van der Waals surface area contributed by atoms with E-state index in [0.29, 0.717) is 17.1 Å². The van der Waals surface area contributed by atoms with E-state index in [-0.39, 0.29) is 18.6 Å². The second kappa shape index (κ2) is 7.56. The number of fused-ring (bicyclic) bond motifs is 2. The molecule has 0 aliphatic rings. The molecule has 1 aromatic heterocycles. The van der Waals surface area contributed by atoms with Crippen molar-refractivity contribution in [3.05, 3.63) is 78.1 Å². The van der Waals surface area contributed by atoms with Crippen LogP contribution < -0.4 is 10.1 Å². The lowest BCUT2D eigenvalue weighted by Crippen LogP contribution is -2.31. The molecule has 5 nitrogen and oxygen atoms in total. The van der Waals surface area contributed by atoms with Gasteiger partial charge in [-0.2, -0.15) is 0 Å². The number of para-hydroxylation sites is 1. The molecule has 28 heavy (non-hydrogen) atoms. The lowest BCUT2D eigenvalue weighted by atomic mass is 10.0. The van der Waals surface area contributed by atoms with Crippen LogP contribution in [0.2, 0.25) is 0 Å². The maximum absolute atomic E-state index is 12.3. The summed E-state index contributed by atoms with van der Waals surface area (Å²) in [7, 11) is 0. The van der Waals surface area contributed by atoms with E-state index in [2.05, 4.69) is 5.32 Å². The van der Waals surface area contributed by atoms with Gasteiger partial charge >= 0.3 is 0 Å². The predicted molar refractivity (Wildman–Crippen MR) is 108 cm³/mol. The van der Waals surface area contributed by atoms with Crippen LogP contribution in [-0.2, 0) is 4.79 Å². The number of carbonyl (C=O) groups excluding carboxylic acids is 2. The highest BCUT2D eigenvalue weighted by Gasteiger charge is 2.15. The fourth-order valence-electron chi connectivity index (χ4n) is 3.24. The summed E-state index contributed by atoms with van der Waals surface area (Å²) in [5, 5.41) is 5.59. The van der Waals surface area contributed by atoms with Crippen molar-refractivity contribution in [3.63, 3.8) is 0 Å². The molecule has 4 aromatic rings. The van der Waals surface area contributed by atoms with Gasteiger partial charge < -0.3 is 14.5 Å². The van der Waals surface area contributed by atoms with Crippen LogP contribution in [0.15, 0.2) is 71.1 Å². The zero-order valence-electron chi connectivity index (χ0n) is 15.3. The topological polar surface area (TPSA) is 68.5 Å². The molecule has 1 heterocycles. The minimum atomic E-state index is -0.300. The van der Waals surface area contributed by atoms with Crippen LogP contribution in [-0.4, -0.2) is 18.8 Å². The number of aldehydes is 1. The maximum Gasteiger partial charge on any atom is 0.258 e. The van der Waals surface area contributed by atoms with E-state index >= 15 is 0 Å². The average Bonchev–Trinajstić information content (AvgIpc) is 3.16. The van der Waals surface area contributed by atoms with Gasteiger partial charge in [0.05, 0.1) is 11.6 Å². The number of hydrogen-bond donors (Lipinski definition) is 1. The molecule has 0 bridgehead atoms. The number of benzene rings is 3. The molecule has 1 N–H and O–H groups in total. The Hall–Kier alpha value is -3.60. The van der Waals surface area contributed by atoms with Gasteiger partial charge in [-0.1, -0.05) is 48.5 Å². The van der Waals surface area contributed by atoms with E-state index in [4.69, 9.17) is 9.15 Å². The molecule has 0 saturated heterocycles. The van der Waals surface area contributed by atoms with Crippen LogP contribution in [0.4, 0.5) is 0 Å². The molecule has 0 aliphatic carbocycles. The second-order valence-electron chi connectivity index (χ2n) is 6.58. The van der Waals surface area contributed by atoms with E-state index < -0.39 is 0 Å². The molecule has 0 spiro atoms. The summed E-state index contributed by atoms with van der Waals surface area (Å²) in [6.07, 6.45) is 0.757. The quantitative estimate of drug-likeness (QED) is 0.499. The zero-order chi connectivity index (χ0) is 19.5. The highest BCUT2D eigenvalue weighted by Crippen LogP contribution is 2.27. The van der Waals surface area contributed by atoms with Crippen LogP contribution >= 0.6 is 0 Å². The number of hydrogen-bond acceptors (Lipinski definition) is 4. The van der Waals surface area contributed by atoms with Crippen molar-refractivity contribution in [2.45, 2.75) is 13.0 Å². The Labute approximate surface area is 161 Å². The van der Waals surface area contributed by atoms with Gasteiger partial charge in [-0.3, -0.25) is 9.59 Å². The number of amides is 1. The Bertz CT molecular complexity index is 1130. The summed E-state index contributed by atoms with van der Waals surface area (Å²) >= 11 is 0. The summed E-state index contributed by atoms with van der Waals surface area (Å²) < 4.78 is 11.4. The van der Waals surface area contributed by atoms with Gasteiger partial charge in [-0.15, -0.1) is 0 Å². The first-order valence-electron chi connectivity index (χ1n) is 9.03. The van der Waals surface area contributed by atoms with Gasteiger partial charge in [0.1, 0.15) is 17.1 Å². The summed E-state index contributed by atoms with van der Waals surface area (Å²) in [4.78, 5) is 23.9. The number of carbonyl (C=O) groups is 2. The summed E-state index contributed by atoms with van der Waals surface area (Å²) in [6, 6.07) is 20.4. The van der Waals surface area contributed by atoms with E-state index in [1.807, 2.05) is 67.6 Å². The first-order chi connectivity index (χ1) is 13.7. The van der Waals surface area contributed by atoms with Gasteiger partial charge in [0.15, 0.2) is 12.9 Å². The van der Waals surface area contributed by atoms with Crippen molar-refractivity contribution in [2.24, 2.45) is 0 Å². The van der Waals surface area contributed by atoms with E-state index in [9.17, 15) is 9.59 Å². The molecule has 0 radical (unpaired) electrons. The predicted octanol–water partition coefficient (Wildman–Crippen LogP) is 4.65. The summed E-state index contributed by atoms with van der Waals surface area (Å²) in [6.45, 7) is 1.66. The van der Waals surface area contributed by atoms with Crippen LogP contribution in [0.25, 0.3) is 21.7 Å². The van der Waals surface area contributed by atoms with Gasteiger partial charge in [0, 0.05) is 5.39 Å². The molecular weight excluding hydrogens is 354 g/mol. The average molecular weight is 373 g/mol. The number of rotatable bonds is 6. The molecule has 140 valence electrons. The van der Waals surface area contributed by atoms with E-state index in [1.54, 1.807) is 6.07 Å². The monoisotopic (exact) mass is 373 g/mol. The highest BCUT2D eigenvalue weighted by atomic mass is 16.5. The molecule has 1 atom stereocenters. The molecule has 5 heteroatoms. The lowest BCUT2D eigenvalue weighted by molar-refractivity contribution is -0.123. The number of ether oxygens (including phenoxy) is 1. The third-order valence-corrected chi connectivity index (χ3v) is 4.66. The summed E-state index contributed by atoms with van der Waals surface area (Å²) in [5.41, 5.74) is 1.22.